The zero-order chi connectivity index (χ0) is 23.8. The first-order chi connectivity index (χ1) is 16.6. The normalized spacial score (nSPS) is 12.2. The van der Waals surface area contributed by atoms with Crippen molar-refractivity contribution in [2.75, 3.05) is 20.4 Å². The third-order valence-corrected chi connectivity index (χ3v) is 6.45. The molecule has 0 saturated heterocycles. The molecular weight excluding hydrogens is 450 g/mol. The Labute approximate surface area is 206 Å². The summed E-state index contributed by atoms with van der Waals surface area (Å²) >= 11 is 1.52. The van der Waals surface area contributed by atoms with Gasteiger partial charge in [-0.3, -0.25) is 9.69 Å². The van der Waals surface area contributed by atoms with Gasteiger partial charge in [-0.1, -0.05) is 38.0 Å². The van der Waals surface area contributed by atoms with E-state index in [4.69, 9.17) is 14.2 Å². The zero-order valence-electron chi connectivity index (χ0n) is 19.7. The molecule has 4 rings (SSSR count). The van der Waals surface area contributed by atoms with Crippen LogP contribution in [0.3, 0.4) is 0 Å². The lowest BCUT2D eigenvalue weighted by Crippen LogP contribution is -2.25. The van der Waals surface area contributed by atoms with E-state index in [0.717, 1.165) is 53.6 Å². The number of carbonyl (C=O) groups is 1. The molecule has 0 aliphatic carbocycles. The second-order valence-corrected chi connectivity index (χ2v) is 9.21. The van der Waals surface area contributed by atoms with Gasteiger partial charge in [0.25, 0.3) is 5.91 Å². The summed E-state index contributed by atoms with van der Waals surface area (Å²) in [6, 6.07) is 14.1. The summed E-state index contributed by atoms with van der Waals surface area (Å²) in [5, 5.41) is 5.72. The molecule has 0 saturated carbocycles. The molecule has 0 fully saturated rings. The molecule has 1 aliphatic rings. The van der Waals surface area contributed by atoms with Crippen LogP contribution in [0.2, 0.25) is 0 Å². The number of nitrogens with one attached hydrogen (secondary N) is 1. The number of fused-ring (bicyclic) bond motifs is 1. The third-order valence-electron chi connectivity index (χ3n) is 5.62. The molecule has 7 nitrogen and oxygen atoms in total. The van der Waals surface area contributed by atoms with Gasteiger partial charge in [0.05, 0.1) is 13.7 Å². The molecule has 0 radical (unpaired) electrons. The van der Waals surface area contributed by atoms with E-state index in [2.05, 4.69) is 40.3 Å². The van der Waals surface area contributed by atoms with E-state index >= 15 is 0 Å². The molecule has 0 atom stereocenters. The van der Waals surface area contributed by atoms with Crippen molar-refractivity contribution in [3.8, 4) is 17.2 Å². The van der Waals surface area contributed by atoms with Crippen LogP contribution in [0.25, 0.3) is 0 Å². The summed E-state index contributed by atoms with van der Waals surface area (Å²) in [7, 11) is 1.67. The van der Waals surface area contributed by atoms with Crippen LogP contribution in [0.1, 0.15) is 54.2 Å². The fourth-order valence-electron chi connectivity index (χ4n) is 3.80. The molecule has 1 aliphatic heterocycles. The van der Waals surface area contributed by atoms with Crippen LogP contribution in [-0.2, 0) is 19.6 Å². The number of benzene rings is 2. The fraction of sp³-hybridized carbons (Fsp3) is 0.385. The Morgan fingerprint density at radius 2 is 1.85 bits per heavy atom. The van der Waals surface area contributed by atoms with Crippen LogP contribution >= 0.6 is 11.3 Å². The van der Waals surface area contributed by atoms with Crippen LogP contribution in [0.4, 0.5) is 0 Å². The van der Waals surface area contributed by atoms with Crippen LogP contribution in [0, 0.1) is 0 Å². The van der Waals surface area contributed by atoms with Crippen molar-refractivity contribution < 1.29 is 20.4 Å². The summed E-state index contributed by atoms with van der Waals surface area (Å²) < 4.78 is 16.3. The highest BCUT2D eigenvalue weighted by molar-refractivity contribution is 7.09. The number of aromatic nitrogens is 1. The maximum atomic E-state index is 12.4. The molecule has 3 aromatic rings. The largest absolute Gasteiger partial charge is 0.497 e. The molecular formula is C26H33N3O4S. The van der Waals surface area contributed by atoms with Crippen LogP contribution < -0.4 is 19.5 Å². The van der Waals surface area contributed by atoms with E-state index in [9.17, 15) is 4.79 Å². The number of rotatable bonds is 12. The van der Waals surface area contributed by atoms with Crippen LogP contribution in [0.15, 0.2) is 47.8 Å². The van der Waals surface area contributed by atoms with Crippen molar-refractivity contribution in [3.63, 3.8) is 0 Å². The number of carbonyl (C=O) groups excluding carboxylic acids is 1. The minimum Gasteiger partial charge on any atom is -0.497 e. The molecule has 1 amide bonds. The Bertz CT molecular complexity index is 1090. The quantitative estimate of drug-likeness (QED) is 0.355. The van der Waals surface area contributed by atoms with Gasteiger partial charge in [0.1, 0.15) is 16.5 Å². The van der Waals surface area contributed by atoms with E-state index < -0.39 is 0 Å². The fourth-order valence-corrected chi connectivity index (χ4v) is 4.62. The van der Waals surface area contributed by atoms with E-state index in [1.165, 1.54) is 16.9 Å². The molecule has 34 heavy (non-hydrogen) atoms. The first kappa shape index (κ1) is 24.0. The maximum Gasteiger partial charge on any atom is 0.270 e. The van der Waals surface area contributed by atoms with Crippen molar-refractivity contribution in [3.05, 3.63) is 69.7 Å². The van der Waals surface area contributed by atoms with Crippen molar-refractivity contribution in [2.45, 2.75) is 45.8 Å². The lowest BCUT2D eigenvalue weighted by Gasteiger charge is -2.22. The molecule has 0 unspecified atom stereocenters. The number of ether oxygens (including phenoxy) is 3. The van der Waals surface area contributed by atoms with Crippen LogP contribution in [-0.4, -0.2) is 36.2 Å². The van der Waals surface area contributed by atoms with Crippen molar-refractivity contribution in [2.24, 2.45) is 0 Å². The molecule has 2 heterocycles. The number of methoxy groups -OCH3 is 1. The Hall–Kier alpha value is -3.10. The van der Waals surface area contributed by atoms with Crippen molar-refractivity contribution >= 4 is 17.2 Å². The number of unbranched alkanes of at least 4 members (excludes halogenated alkanes) is 2. The second-order valence-electron chi connectivity index (χ2n) is 8.27. The van der Waals surface area contributed by atoms with E-state index in [1.807, 2.05) is 29.6 Å². The van der Waals surface area contributed by atoms with Crippen molar-refractivity contribution in [1.29, 1.82) is 0 Å². The summed E-state index contributed by atoms with van der Waals surface area (Å²) in [5.74, 6) is 2.29. The van der Waals surface area contributed by atoms with Gasteiger partial charge < -0.3 is 19.5 Å². The van der Waals surface area contributed by atoms with Crippen LogP contribution in [0.5, 0.6) is 17.2 Å². The van der Waals surface area contributed by atoms with E-state index in [-0.39, 0.29) is 14.1 Å². The van der Waals surface area contributed by atoms with Gasteiger partial charge in [0.15, 0.2) is 11.5 Å². The molecule has 0 spiro atoms. The smallest absolute Gasteiger partial charge is 0.270 e. The zero-order valence-corrected chi connectivity index (χ0v) is 20.5. The van der Waals surface area contributed by atoms with Gasteiger partial charge in [-0.2, -0.15) is 0 Å². The first-order valence-corrected chi connectivity index (χ1v) is 12.5. The number of hydrogen-bond acceptors (Lipinski definition) is 7. The molecule has 2 aromatic carbocycles. The molecule has 0 bridgehead atoms. The first-order valence-electron chi connectivity index (χ1n) is 11.6. The highest BCUT2D eigenvalue weighted by Crippen LogP contribution is 2.33. The number of hydrogen-bond donors (Lipinski definition) is 1. The second kappa shape index (κ2) is 11.9. The Morgan fingerprint density at radius 3 is 2.65 bits per heavy atom. The maximum absolute atomic E-state index is 12.4. The number of thiazole rings is 1. The topological polar surface area (TPSA) is 72.9 Å². The van der Waals surface area contributed by atoms with Gasteiger partial charge >= 0.3 is 0 Å². The lowest BCUT2D eigenvalue weighted by atomic mass is 10.1. The molecule has 1 N–H and O–H groups in total. The predicted octanol–water partition coefficient (Wildman–Crippen LogP) is 5.25. The van der Waals surface area contributed by atoms with Gasteiger partial charge in [0.2, 0.25) is 6.79 Å². The average molecular weight is 484 g/mol. The highest BCUT2D eigenvalue weighted by Gasteiger charge is 2.17. The molecule has 182 valence electrons. The Kier molecular flexibility index (Phi) is 8.38. The molecule has 1 aromatic heterocycles. The van der Waals surface area contributed by atoms with Gasteiger partial charge in [-0.05, 0) is 41.8 Å². The standard InChI is InChI=1S/C26H31N3O4S.H2/c1-3-4-5-12-27-26(30)22-17-34-25(28-22)16-29(14-19-6-9-21(31-2)10-7-19)15-20-8-11-23-24(13-20)33-18-32-23;/h6-11,13,17H,3-5,12,14-16,18H2,1-2H3,(H,27,30);1H. The van der Waals surface area contributed by atoms with Gasteiger partial charge in [-0.15, -0.1) is 11.3 Å². The minimum atomic E-state index is -0.101. The van der Waals surface area contributed by atoms with E-state index in [1.54, 1.807) is 7.11 Å². The van der Waals surface area contributed by atoms with E-state index in [0.29, 0.717) is 25.3 Å². The SMILES string of the molecule is CCCCCNC(=O)c1csc(CN(Cc2ccc(OC)cc2)Cc2ccc3c(c2)OCO3)n1.[HH]. The summed E-state index contributed by atoms with van der Waals surface area (Å²) in [4.78, 5) is 19.4. The average Bonchev–Trinajstić information content (AvgIpc) is 3.51. The lowest BCUT2D eigenvalue weighted by molar-refractivity contribution is 0.0948. The number of amides is 1. The van der Waals surface area contributed by atoms with Crippen molar-refractivity contribution in [1.82, 2.24) is 15.2 Å². The predicted molar refractivity (Wildman–Crippen MR) is 135 cm³/mol. The molecule has 8 heteroatoms. The van der Waals surface area contributed by atoms with Gasteiger partial charge in [0, 0.05) is 26.4 Å². The summed E-state index contributed by atoms with van der Waals surface area (Å²) in [6.07, 6.45) is 3.23. The Balaban J connectivity index is 0.00000342. The Morgan fingerprint density at radius 1 is 1.09 bits per heavy atom. The summed E-state index contributed by atoms with van der Waals surface area (Å²) in [6.45, 7) is 5.17. The number of nitrogens with zero attached hydrogens (tertiary/aromatic N) is 2. The van der Waals surface area contributed by atoms with Gasteiger partial charge in [-0.25, -0.2) is 4.98 Å². The third kappa shape index (κ3) is 6.48. The monoisotopic (exact) mass is 483 g/mol. The minimum absolute atomic E-state index is 0. The summed E-state index contributed by atoms with van der Waals surface area (Å²) in [5.41, 5.74) is 2.79. The highest BCUT2D eigenvalue weighted by atomic mass is 32.1.